The molecular formula is C4H11Cl2NSi. The van der Waals surface area contributed by atoms with Gasteiger partial charge in [-0.15, -0.1) is 22.7 Å². The fourth-order valence-corrected chi connectivity index (χ4v) is 1.08. The summed E-state index contributed by atoms with van der Waals surface area (Å²) in [6.45, 7) is 2.02. The maximum atomic E-state index is 5.99. The van der Waals surface area contributed by atoms with Crippen LogP contribution in [0.2, 0.25) is 6.55 Å². The molecule has 4 heteroatoms. The second-order valence-corrected chi connectivity index (χ2v) is 8.86. The standard InChI is InChI=1S/C4H11Cl2NSi/c1-7(2)8(3,6)4-5/h4H2,1-3H3. The van der Waals surface area contributed by atoms with E-state index in [0.717, 1.165) is 0 Å². The van der Waals surface area contributed by atoms with E-state index in [4.69, 9.17) is 22.7 Å². The summed E-state index contributed by atoms with van der Waals surface area (Å²) in [5.41, 5.74) is 0.585. The van der Waals surface area contributed by atoms with Crippen LogP contribution in [-0.4, -0.2) is 31.7 Å². The van der Waals surface area contributed by atoms with E-state index in [2.05, 4.69) is 0 Å². The summed E-state index contributed by atoms with van der Waals surface area (Å²) in [6.07, 6.45) is 0. The topological polar surface area (TPSA) is 3.24 Å². The van der Waals surface area contributed by atoms with Crippen LogP contribution in [0.3, 0.4) is 0 Å². The van der Waals surface area contributed by atoms with Gasteiger partial charge >= 0.3 is 0 Å². The van der Waals surface area contributed by atoms with E-state index < -0.39 is 7.55 Å². The minimum atomic E-state index is -1.68. The molecule has 1 nitrogen and oxygen atoms in total. The highest BCUT2D eigenvalue weighted by Crippen LogP contribution is 2.11. The highest BCUT2D eigenvalue weighted by Gasteiger charge is 2.25. The highest BCUT2D eigenvalue weighted by molar-refractivity contribution is 7.20. The molecule has 50 valence electrons. The molecule has 1 unspecified atom stereocenters. The van der Waals surface area contributed by atoms with Crippen molar-refractivity contribution in [3.8, 4) is 0 Å². The molecule has 0 saturated carbocycles. The van der Waals surface area contributed by atoms with E-state index in [0.29, 0.717) is 5.50 Å². The van der Waals surface area contributed by atoms with Gasteiger partial charge in [-0.3, -0.25) is 0 Å². The van der Waals surface area contributed by atoms with Crippen molar-refractivity contribution < 1.29 is 0 Å². The molecular weight excluding hydrogens is 161 g/mol. The van der Waals surface area contributed by atoms with Crippen molar-refractivity contribution in [1.29, 1.82) is 0 Å². The van der Waals surface area contributed by atoms with Gasteiger partial charge in [-0.05, 0) is 20.6 Å². The summed E-state index contributed by atoms with van der Waals surface area (Å²) < 4.78 is 2.02. The predicted octanol–water partition coefficient (Wildman–Crippen LogP) is 1.64. The zero-order valence-corrected chi connectivity index (χ0v) is 7.92. The monoisotopic (exact) mass is 171 g/mol. The van der Waals surface area contributed by atoms with Gasteiger partial charge in [-0.25, -0.2) is 0 Å². The summed E-state index contributed by atoms with van der Waals surface area (Å²) in [4.78, 5) is 0. The fraction of sp³-hybridized carbons (Fsp3) is 1.00. The molecule has 1 atom stereocenters. The molecule has 0 fully saturated rings. The van der Waals surface area contributed by atoms with Crippen LogP contribution < -0.4 is 0 Å². The molecule has 0 aliphatic heterocycles. The molecule has 0 bridgehead atoms. The number of alkyl halides is 1. The van der Waals surface area contributed by atoms with E-state index in [1.54, 1.807) is 0 Å². The Kier molecular flexibility index (Phi) is 3.35. The SMILES string of the molecule is CN(C)[Si](C)(Cl)CCl. The number of hydrogen-bond donors (Lipinski definition) is 0. The Labute approximate surface area is 61.4 Å². The molecule has 0 aromatic carbocycles. The Bertz CT molecular complexity index is 74.4. The first-order valence-electron chi connectivity index (χ1n) is 2.43. The van der Waals surface area contributed by atoms with Crippen molar-refractivity contribution in [3.63, 3.8) is 0 Å². The lowest BCUT2D eigenvalue weighted by Crippen LogP contribution is -2.43. The zero-order chi connectivity index (χ0) is 6.78. The first-order chi connectivity index (χ1) is 3.50. The number of halogens is 2. The normalized spacial score (nSPS) is 18.8. The summed E-state index contributed by atoms with van der Waals surface area (Å²) >= 11 is 11.6. The van der Waals surface area contributed by atoms with Gasteiger partial charge in [0.05, 0.1) is 0 Å². The Balaban J connectivity index is 3.71. The minimum Gasteiger partial charge on any atom is -0.317 e. The molecule has 0 N–H and O–H groups in total. The van der Waals surface area contributed by atoms with Crippen molar-refractivity contribution in [2.75, 3.05) is 19.6 Å². The second kappa shape index (κ2) is 3.06. The van der Waals surface area contributed by atoms with Crippen molar-refractivity contribution in [3.05, 3.63) is 0 Å². The predicted molar refractivity (Wildman–Crippen MR) is 41.9 cm³/mol. The van der Waals surface area contributed by atoms with Gasteiger partial charge in [0.1, 0.15) is 0 Å². The molecule has 0 aromatic rings. The lowest BCUT2D eigenvalue weighted by atomic mass is 11.3. The maximum absolute atomic E-state index is 5.99. The number of hydrogen-bond acceptors (Lipinski definition) is 1. The van der Waals surface area contributed by atoms with Crippen molar-refractivity contribution >= 4 is 30.2 Å². The summed E-state index contributed by atoms with van der Waals surface area (Å²) in [5.74, 6) is 0. The van der Waals surface area contributed by atoms with Crippen LogP contribution in [0.5, 0.6) is 0 Å². The minimum absolute atomic E-state index is 0.585. The average Bonchev–Trinajstić information content (AvgIpc) is 1.67. The lowest BCUT2D eigenvalue weighted by molar-refractivity contribution is 0.639. The van der Waals surface area contributed by atoms with Crippen LogP contribution in [0.15, 0.2) is 0 Å². The van der Waals surface area contributed by atoms with Crippen molar-refractivity contribution in [2.24, 2.45) is 0 Å². The molecule has 0 heterocycles. The molecule has 0 saturated heterocycles. The van der Waals surface area contributed by atoms with Crippen LogP contribution in [0.25, 0.3) is 0 Å². The van der Waals surface area contributed by atoms with E-state index in [9.17, 15) is 0 Å². The summed E-state index contributed by atoms with van der Waals surface area (Å²) in [6, 6.07) is 0. The Morgan fingerprint density at radius 1 is 1.50 bits per heavy atom. The smallest absolute Gasteiger partial charge is 0.240 e. The van der Waals surface area contributed by atoms with Gasteiger partial charge in [0.2, 0.25) is 7.55 Å². The molecule has 0 aromatic heterocycles. The largest absolute Gasteiger partial charge is 0.317 e. The maximum Gasteiger partial charge on any atom is 0.240 e. The van der Waals surface area contributed by atoms with Crippen LogP contribution in [0, 0.1) is 0 Å². The van der Waals surface area contributed by atoms with E-state index in [1.165, 1.54) is 0 Å². The molecule has 0 aliphatic carbocycles. The van der Waals surface area contributed by atoms with Crippen LogP contribution in [-0.2, 0) is 0 Å². The first kappa shape index (κ1) is 8.76. The Hall–Kier alpha value is 0.757. The molecule has 0 rings (SSSR count). The average molecular weight is 172 g/mol. The molecule has 8 heavy (non-hydrogen) atoms. The van der Waals surface area contributed by atoms with Crippen LogP contribution in [0.1, 0.15) is 0 Å². The Morgan fingerprint density at radius 3 is 1.88 bits per heavy atom. The molecule has 0 aliphatic rings. The molecule has 0 amide bonds. The van der Waals surface area contributed by atoms with Gasteiger partial charge in [0, 0.05) is 5.50 Å². The fourth-order valence-electron chi connectivity index (χ4n) is 0.120. The molecule has 0 radical (unpaired) electrons. The van der Waals surface area contributed by atoms with Crippen LogP contribution >= 0.6 is 22.7 Å². The number of nitrogens with zero attached hydrogens (tertiary/aromatic N) is 1. The molecule has 0 spiro atoms. The van der Waals surface area contributed by atoms with E-state index in [-0.39, 0.29) is 0 Å². The van der Waals surface area contributed by atoms with E-state index in [1.807, 2.05) is 25.2 Å². The second-order valence-electron chi connectivity index (χ2n) is 2.17. The third-order valence-corrected chi connectivity index (χ3v) is 6.92. The van der Waals surface area contributed by atoms with Gasteiger partial charge in [0.15, 0.2) is 0 Å². The number of rotatable bonds is 2. The third kappa shape index (κ3) is 2.35. The lowest BCUT2D eigenvalue weighted by Gasteiger charge is -2.23. The van der Waals surface area contributed by atoms with Gasteiger partial charge < -0.3 is 4.57 Å². The van der Waals surface area contributed by atoms with Gasteiger partial charge in [0.25, 0.3) is 0 Å². The van der Waals surface area contributed by atoms with Gasteiger partial charge in [-0.1, -0.05) is 0 Å². The third-order valence-electron chi connectivity index (χ3n) is 1.18. The van der Waals surface area contributed by atoms with Gasteiger partial charge in [-0.2, -0.15) is 0 Å². The first-order valence-corrected chi connectivity index (χ1v) is 6.63. The highest BCUT2D eigenvalue weighted by atomic mass is 35.6. The summed E-state index contributed by atoms with van der Waals surface area (Å²) in [5, 5.41) is 0. The van der Waals surface area contributed by atoms with Crippen molar-refractivity contribution in [1.82, 2.24) is 4.57 Å². The zero-order valence-electron chi connectivity index (χ0n) is 5.41. The quantitative estimate of drug-likeness (QED) is 0.347. The van der Waals surface area contributed by atoms with Crippen molar-refractivity contribution in [2.45, 2.75) is 6.55 Å². The summed E-state index contributed by atoms with van der Waals surface area (Å²) in [7, 11) is 2.24. The van der Waals surface area contributed by atoms with E-state index >= 15 is 0 Å². The Morgan fingerprint density at radius 2 is 1.88 bits per heavy atom. The van der Waals surface area contributed by atoms with Crippen LogP contribution in [0.4, 0.5) is 0 Å².